The van der Waals surface area contributed by atoms with Gasteiger partial charge in [-0.1, -0.05) is 30.3 Å². The average Bonchev–Trinajstić information content (AvgIpc) is 2.80. The number of aliphatic hydroxyl groups is 1. The Morgan fingerprint density at radius 2 is 1.94 bits per heavy atom. The zero-order chi connectivity index (χ0) is 11.8. The van der Waals surface area contributed by atoms with Crippen LogP contribution in [0.5, 0.6) is 0 Å². The molecule has 0 saturated carbocycles. The molecule has 90 valence electrons. The minimum absolute atomic E-state index is 0.129. The lowest BCUT2D eigenvalue weighted by Gasteiger charge is -2.25. The topological polar surface area (TPSA) is 65.0 Å². The van der Waals surface area contributed by atoms with E-state index >= 15 is 0 Å². The van der Waals surface area contributed by atoms with Gasteiger partial charge < -0.3 is 19.3 Å². The molecule has 2 aliphatic rings. The van der Waals surface area contributed by atoms with Crippen LogP contribution in [0.2, 0.25) is 0 Å². The number of aliphatic hydroxyl groups excluding tert-OH is 1. The van der Waals surface area contributed by atoms with E-state index in [0.29, 0.717) is 0 Å². The monoisotopic (exact) mass is 236 g/mol. The summed E-state index contributed by atoms with van der Waals surface area (Å²) in [7, 11) is 0. The van der Waals surface area contributed by atoms with Gasteiger partial charge in [0.2, 0.25) is 0 Å². The molecule has 5 nitrogen and oxygen atoms in total. The second kappa shape index (κ2) is 4.10. The van der Waals surface area contributed by atoms with Crippen molar-refractivity contribution in [2.24, 2.45) is 0 Å². The van der Waals surface area contributed by atoms with Crippen LogP contribution < -0.4 is 0 Å². The van der Waals surface area contributed by atoms with Gasteiger partial charge in [-0.2, -0.15) is 0 Å². The lowest BCUT2D eigenvalue weighted by Crippen LogP contribution is -2.48. The molecular weight excluding hydrogens is 224 g/mol. The predicted octanol–water partition coefficient (Wildman–Crippen LogP) is 0.387. The van der Waals surface area contributed by atoms with E-state index in [1.807, 2.05) is 30.3 Å². The maximum atomic E-state index is 11.2. The van der Waals surface area contributed by atoms with Gasteiger partial charge in [-0.25, -0.2) is 4.79 Å². The van der Waals surface area contributed by atoms with Crippen molar-refractivity contribution in [3.05, 3.63) is 35.9 Å². The molecule has 0 unspecified atom stereocenters. The Bertz CT molecular complexity index is 418. The van der Waals surface area contributed by atoms with Gasteiger partial charge in [0, 0.05) is 5.56 Å². The molecule has 0 spiro atoms. The molecule has 1 aromatic carbocycles. The van der Waals surface area contributed by atoms with Gasteiger partial charge >= 0.3 is 5.97 Å². The fourth-order valence-corrected chi connectivity index (χ4v) is 2.06. The Morgan fingerprint density at radius 1 is 1.18 bits per heavy atom. The zero-order valence-electron chi connectivity index (χ0n) is 8.98. The maximum Gasteiger partial charge on any atom is 0.337 e. The third kappa shape index (κ3) is 1.82. The minimum Gasteiger partial charge on any atom is -0.461 e. The Kier molecular flexibility index (Phi) is 2.58. The molecular formula is C12H12O5. The van der Waals surface area contributed by atoms with Crippen molar-refractivity contribution in [2.75, 3.05) is 6.61 Å². The van der Waals surface area contributed by atoms with E-state index in [1.165, 1.54) is 0 Å². The summed E-state index contributed by atoms with van der Waals surface area (Å²) in [5.74, 6) is -0.649. The van der Waals surface area contributed by atoms with Gasteiger partial charge in [0.25, 0.3) is 0 Å². The van der Waals surface area contributed by atoms with Crippen molar-refractivity contribution in [1.82, 2.24) is 0 Å². The standard InChI is InChI=1S/C12H12O5/c13-9-10-8(6-15-11(9)14)16-12(17-10)7-4-2-1-3-5-7/h1-5,8-10,12-13H,6H2/t8-,9+,10-,12+/m0/s1. The van der Waals surface area contributed by atoms with Gasteiger partial charge in [-0.05, 0) is 0 Å². The molecule has 5 heteroatoms. The first kappa shape index (κ1) is 10.7. The molecule has 0 bridgehead atoms. The molecule has 4 atom stereocenters. The number of esters is 1. The molecule has 0 amide bonds. The first-order valence-corrected chi connectivity index (χ1v) is 5.46. The largest absolute Gasteiger partial charge is 0.461 e. The molecule has 0 aliphatic carbocycles. The first-order chi connectivity index (χ1) is 8.25. The second-order valence-corrected chi connectivity index (χ2v) is 4.09. The number of benzene rings is 1. The highest BCUT2D eigenvalue weighted by Crippen LogP contribution is 2.34. The third-order valence-electron chi connectivity index (χ3n) is 2.96. The van der Waals surface area contributed by atoms with Crippen molar-refractivity contribution in [3.8, 4) is 0 Å². The normalized spacial score (nSPS) is 36.4. The Labute approximate surface area is 97.9 Å². The smallest absolute Gasteiger partial charge is 0.337 e. The lowest BCUT2D eigenvalue weighted by atomic mass is 10.1. The van der Waals surface area contributed by atoms with E-state index in [9.17, 15) is 9.90 Å². The van der Waals surface area contributed by atoms with Gasteiger partial charge in [-0.3, -0.25) is 0 Å². The van der Waals surface area contributed by atoms with Gasteiger partial charge in [0.1, 0.15) is 18.8 Å². The van der Waals surface area contributed by atoms with Crippen molar-refractivity contribution in [1.29, 1.82) is 0 Å². The number of hydrogen-bond donors (Lipinski definition) is 1. The molecule has 2 fully saturated rings. The van der Waals surface area contributed by atoms with Crippen molar-refractivity contribution < 1.29 is 24.1 Å². The highest BCUT2D eigenvalue weighted by atomic mass is 16.7. The molecule has 2 saturated heterocycles. The number of hydrogen-bond acceptors (Lipinski definition) is 5. The van der Waals surface area contributed by atoms with Gasteiger partial charge in [0.15, 0.2) is 12.4 Å². The SMILES string of the molecule is O=C1OC[C@@H]2O[C@@H](c3ccccc3)O[C@@H]2[C@H]1O. The van der Waals surface area contributed by atoms with Crippen LogP contribution in [-0.4, -0.2) is 36.0 Å². The van der Waals surface area contributed by atoms with Crippen LogP contribution in [-0.2, 0) is 19.0 Å². The quantitative estimate of drug-likeness (QED) is 0.714. The van der Waals surface area contributed by atoms with E-state index in [4.69, 9.17) is 14.2 Å². The molecule has 2 aliphatic heterocycles. The van der Waals surface area contributed by atoms with Crippen LogP contribution in [0.4, 0.5) is 0 Å². The third-order valence-corrected chi connectivity index (χ3v) is 2.96. The number of carbonyl (C=O) groups is 1. The molecule has 0 radical (unpaired) electrons. The number of rotatable bonds is 1. The van der Waals surface area contributed by atoms with Crippen LogP contribution in [0.25, 0.3) is 0 Å². The summed E-state index contributed by atoms with van der Waals surface area (Å²) in [6.45, 7) is 0.129. The summed E-state index contributed by atoms with van der Waals surface area (Å²) >= 11 is 0. The van der Waals surface area contributed by atoms with Gasteiger partial charge in [-0.15, -0.1) is 0 Å². The highest BCUT2D eigenvalue weighted by molar-refractivity contribution is 5.76. The fourth-order valence-electron chi connectivity index (χ4n) is 2.06. The number of cyclic esters (lactones) is 1. The van der Waals surface area contributed by atoms with Crippen molar-refractivity contribution in [2.45, 2.75) is 24.6 Å². The summed E-state index contributed by atoms with van der Waals surface area (Å²) in [6, 6.07) is 9.39. The number of carbonyl (C=O) groups excluding carboxylic acids is 1. The Balaban J connectivity index is 1.79. The highest BCUT2D eigenvalue weighted by Gasteiger charge is 2.48. The van der Waals surface area contributed by atoms with Crippen LogP contribution in [0, 0.1) is 0 Å². The zero-order valence-corrected chi connectivity index (χ0v) is 8.98. The molecule has 3 rings (SSSR count). The summed E-state index contributed by atoms with van der Waals surface area (Å²) in [5, 5.41) is 9.63. The Hall–Kier alpha value is -1.43. The molecule has 1 N–H and O–H groups in total. The second-order valence-electron chi connectivity index (χ2n) is 4.09. The maximum absolute atomic E-state index is 11.2. The fraction of sp³-hybridized carbons (Fsp3) is 0.417. The van der Waals surface area contributed by atoms with E-state index in [-0.39, 0.29) is 6.61 Å². The van der Waals surface area contributed by atoms with Crippen molar-refractivity contribution in [3.63, 3.8) is 0 Å². The van der Waals surface area contributed by atoms with E-state index in [2.05, 4.69) is 0 Å². The van der Waals surface area contributed by atoms with E-state index in [0.717, 1.165) is 5.56 Å². The van der Waals surface area contributed by atoms with E-state index < -0.39 is 30.6 Å². The summed E-state index contributed by atoms with van der Waals surface area (Å²) in [4.78, 5) is 11.2. The van der Waals surface area contributed by atoms with E-state index in [1.54, 1.807) is 0 Å². The van der Waals surface area contributed by atoms with Crippen LogP contribution in [0.3, 0.4) is 0 Å². The number of ether oxygens (including phenoxy) is 3. The van der Waals surface area contributed by atoms with Crippen LogP contribution in [0.15, 0.2) is 30.3 Å². The number of fused-ring (bicyclic) bond motifs is 1. The van der Waals surface area contributed by atoms with Gasteiger partial charge in [0.05, 0.1) is 0 Å². The van der Waals surface area contributed by atoms with Crippen LogP contribution >= 0.6 is 0 Å². The summed E-state index contributed by atoms with van der Waals surface area (Å²) in [5.41, 5.74) is 0.863. The molecule has 2 heterocycles. The average molecular weight is 236 g/mol. The summed E-state index contributed by atoms with van der Waals surface area (Å²) in [6.07, 6.45) is -2.84. The Morgan fingerprint density at radius 3 is 2.71 bits per heavy atom. The first-order valence-electron chi connectivity index (χ1n) is 5.46. The molecule has 0 aromatic heterocycles. The van der Waals surface area contributed by atoms with Crippen molar-refractivity contribution >= 4 is 5.97 Å². The predicted molar refractivity (Wildman–Crippen MR) is 55.9 cm³/mol. The summed E-state index contributed by atoms with van der Waals surface area (Å²) < 4.78 is 16.0. The molecule has 1 aromatic rings. The minimum atomic E-state index is -1.26. The lowest BCUT2D eigenvalue weighted by molar-refractivity contribution is -0.173. The molecule has 17 heavy (non-hydrogen) atoms. The van der Waals surface area contributed by atoms with Crippen LogP contribution in [0.1, 0.15) is 11.9 Å².